The minimum Gasteiger partial charge on any atom is -0.504 e. The van der Waals surface area contributed by atoms with Gasteiger partial charge in [0.25, 0.3) is 0 Å². The van der Waals surface area contributed by atoms with E-state index in [-0.39, 0.29) is 11.6 Å². The highest BCUT2D eigenvalue weighted by atomic mass is 19.1. The largest absolute Gasteiger partial charge is 0.504 e. The number of H-pyrrole nitrogens is 1. The van der Waals surface area contributed by atoms with Crippen LogP contribution < -0.4 is 4.74 Å². The average Bonchev–Trinajstić information content (AvgIpc) is 3.08. The maximum atomic E-state index is 12.9. The van der Waals surface area contributed by atoms with E-state index in [0.717, 1.165) is 22.5 Å². The zero-order valence-electron chi connectivity index (χ0n) is 13.6. The molecule has 4 nitrogen and oxygen atoms in total. The third-order valence-corrected chi connectivity index (χ3v) is 3.59. The molecule has 0 aliphatic carbocycles. The van der Waals surface area contributed by atoms with Crippen molar-refractivity contribution in [3.8, 4) is 11.5 Å². The van der Waals surface area contributed by atoms with E-state index in [4.69, 9.17) is 4.74 Å². The topological polar surface area (TPSA) is 58.1 Å². The van der Waals surface area contributed by atoms with Crippen molar-refractivity contribution >= 4 is 24.3 Å². The van der Waals surface area contributed by atoms with E-state index >= 15 is 0 Å². The predicted octanol–water partition coefficient (Wildman–Crippen LogP) is 4.60. The van der Waals surface area contributed by atoms with Crippen LogP contribution in [0, 0.1) is 5.82 Å². The molecule has 126 valence electrons. The first kappa shape index (κ1) is 16.5. The summed E-state index contributed by atoms with van der Waals surface area (Å²) < 4.78 is 18.0. The second-order valence-corrected chi connectivity index (χ2v) is 5.40. The summed E-state index contributed by atoms with van der Waals surface area (Å²) in [4.78, 5) is 0. The standard InChI is InChI=1S/C20H17FN2O2/c1-25-20-12-15(6-11-19(20)24)5-10-18-13-17(22-23-18)9-4-14-2-7-16(21)8-3-14/h2-13,24H,1H3,(H,22,23)/b9-4+,10-5+. The van der Waals surface area contributed by atoms with E-state index < -0.39 is 0 Å². The number of nitrogens with one attached hydrogen (secondary N) is 1. The number of aromatic nitrogens is 2. The summed E-state index contributed by atoms with van der Waals surface area (Å²) in [7, 11) is 1.51. The van der Waals surface area contributed by atoms with Crippen molar-refractivity contribution in [2.24, 2.45) is 0 Å². The van der Waals surface area contributed by atoms with Crippen LogP contribution >= 0.6 is 0 Å². The number of benzene rings is 2. The lowest BCUT2D eigenvalue weighted by atomic mass is 10.1. The van der Waals surface area contributed by atoms with Crippen molar-refractivity contribution in [1.82, 2.24) is 10.2 Å². The summed E-state index contributed by atoms with van der Waals surface area (Å²) in [6.07, 6.45) is 7.50. The van der Waals surface area contributed by atoms with Gasteiger partial charge in [-0.15, -0.1) is 0 Å². The van der Waals surface area contributed by atoms with Crippen LogP contribution in [0.3, 0.4) is 0 Å². The molecule has 5 heteroatoms. The Hall–Kier alpha value is -3.34. The van der Waals surface area contributed by atoms with Crippen LogP contribution in [-0.4, -0.2) is 22.4 Å². The lowest BCUT2D eigenvalue weighted by Crippen LogP contribution is -1.84. The van der Waals surface area contributed by atoms with E-state index in [1.165, 1.54) is 19.2 Å². The number of nitrogens with zero attached hydrogens (tertiary/aromatic N) is 1. The Morgan fingerprint density at radius 2 is 1.68 bits per heavy atom. The summed E-state index contributed by atoms with van der Waals surface area (Å²) in [6, 6.07) is 13.3. The van der Waals surface area contributed by atoms with Gasteiger partial charge in [-0.2, -0.15) is 5.10 Å². The maximum Gasteiger partial charge on any atom is 0.161 e. The fraction of sp³-hybridized carbons (Fsp3) is 0.0500. The van der Waals surface area contributed by atoms with Crippen LogP contribution in [0.5, 0.6) is 11.5 Å². The van der Waals surface area contributed by atoms with Crippen LogP contribution in [0.15, 0.2) is 48.5 Å². The number of rotatable bonds is 5. The molecule has 0 atom stereocenters. The number of ether oxygens (including phenoxy) is 1. The summed E-state index contributed by atoms with van der Waals surface area (Å²) >= 11 is 0. The fourth-order valence-electron chi connectivity index (χ4n) is 2.26. The lowest BCUT2D eigenvalue weighted by molar-refractivity contribution is 0.373. The molecule has 2 N–H and O–H groups in total. The molecule has 0 bridgehead atoms. The second kappa shape index (κ2) is 7.49. The molecule has 0 saturated carbocycles. The molecule has 0 aliphatic rings. The number of phenols is 1. The molecule has 25 heavy (non-hydrogen) atoms. The van der Waals surface area contributed by atoms with Gasteiger partial charge >= 0.3 is 0 Å². The summed E-state index contributed by atoms with van der Waals surface area (Å²) in [6.45, 7) is 0. The maximum absolute atomic E-state index is 12.9. The smallest absolute Gasteiger partial charge is 0.161 e. The van der Waals surface area contributed by atoms with Gasteiger partial charge in [0.15, 0.2) is 11.5 Å². The highest BCUT2D eigenvalue weighted by Gasteiger charge is 2.01. The monoisotopic (exact) mass is 336 g/mol. The Bertz CT molecular complexity index is 912. The first-order valence-corrected chi connectivity index (χ1v) is 7.68. The van der Waals surface area contributed by atoms with Gasteiger partial charge in [-0.3, -0.25) is 5.10 Å². The van der Waals surface area contributed by atoms with E-state index in [0.29, 0.717) is 5.75 Å². The van der Waals surface area contributed by atoms with E-state index in [9.17, 15) is 9.50 Å². The Kier molecular flexibility index (Phi) is 4.95. The van der Waals surface area contributed by atoms with Gasteiger partial charge < -0.3 is 9.84 Å². The van der Waals surface area contributed by atoms with E-state index in [1.807, 2.05) is 30.4 Å². The highest BCUT2D eigenvalue weighted by Crippen LogP contribution is 2.27. The molecule has 3 rings (SSSR count). The molecule has 0 radical (unpaired) electrons. The Morgan fingerprint density at radius 1 is 0.960 bits per heavy atom. The quantitative estimate of drug-likeness (QED) is 0.716. The van der Waals surface area contributed by atoms with Crippen molar-refractivity contribution in [2.45, 2.75) is 0 Å². The third kappa shape index (κ3) is 4.35. The number of aromatic amines is 1. The van der Waals surface area contributed by atoms with Gasteiger partial charge in [-0.25, -0.2) is 4.39 Å². The Morgan fingerprint density at radius 3 is 2.44 bits per heavy atom. The van der Waals surface area contributed by atoms with Gasteiger partial charge in [0.1, 0.15) is 5.82 Å². The molecule has 1 aromatic heterocycles. The average molecular weight is 336 g/mol. The number of methoxy groups -OCH3 is 1. The lowest BCUT2D eigenvalue weighted by Gasteiger charge is -2.03. The molecule has 3 aromatic rings. The molecule has 0 amide bonds. The minimum atomic E-state index is -0.254. The minimum absolute atomic E-state index is 0.106. The number of halogens is 1. The third-order valence-electron chi connectivity index (χ3n) is 3.59. The second-order valence-electron chi connectivity index (χ2n) is 5.40. The van der Waals surface area contributed by atoms with Gasteiger partial charge in [0.05, 0.1) is 18.5 Å². The van der Waals surface area contributed by atoms with Gasteiger partial charge in [-0.1, -0.05) is 30.4 Å². The van der Waals surface area contributed by atoms with Crippen molar-refractivity contribution < 1.29 is 14.2 Å². The van der Waals surface area contributed by atoms with Crippen molar-refractivity contribution in [2.75, 3.05) is 7.11 Å². The van der Waals surface area contributed by atoms with Crippen LogP contribution in [0.2, 0.25) is 0 Å². The van der Waals surface area contributed by atoms with Gasteiger partial charge in [0.2, 0.25) is 0 Å². The van der Waals surface area contributed by atoms with Crippen LogP contribution in [0.4, 0.5) is 4.39 Å². The molecule has 0 spiro atoms. The normalized spacial score (nSPS) is 11.4. The summed E-state index contributed by atoms with van der Waals surface area (Å²) in [5.74, 6) is 0.277. The molecular formula is C20H17FN2O2. The number of hydrogen-bond donors (Lipinski definition) is 2. The van der Waals surface area contributed by atoms with Crippen molar-refractivity contribution in [1.29, 1.82) is 0 Å². The first-order valence-electron chi connectivity index (χ1n) is 7.68. The SMILES string of the molecule is COc1cc(/C=C/c2cc(/C=C/c3ccc(F)cc3)n[nH]2)ccc1O. The first-order chi connectivity index (χ1) is 12.1. The molecule has 0 saturated heterocycles. The zero-order chi connectivity index (χ0) is 17.6. The molecule has 1 heterocycles. The predicted molar refractivity (Wildman–Crippen MR) is 97.5 cm³/mol. The van der Waals surface area contributed by atoms with Crippen molar-refractivity contribution in [3.05, 3.63) is 76.9 Å². The van der Waals surface area contributed by atoms with Crippen LogP contribution in [0.1, 0.15) is 22.5 Å². The molecular weight excluding hydrogens is 319 g/mol. The molecule has 0 aliphatic heterocycles. The van der Waals surface area contributed by atoms with E-state index in [2.05, 4.69) is 10.2 Å². The summed E-state index contributed by atoms with van der Waals surface area (Å²) in [5, 5.41) is 16.7. The Balaban J connectivity index is 1.70. The van der Waals surface area contributed by atoms with Crippen LogP contribution in [0.25, 0.3) is 24.3 Å². The molecule has 0 fully saturated rings. The molecule has 0 unspecified atom stereocenters. The van der Waals surface area contributed by atoms with Gasteiger partial charge in [-0.05, 0) is 53.6 Å². The zero-order valence-corrected chi connectivity index (χ0v) is 13.6. The molecule has 2 aromatic carbocycles. The Labute approximate surface area is 144 Å². The number of aromatic hydroxyl groups is 1. The van der Waals surface area contributed by atoms with E-state index in [1.54, 1.807) is 30.3 Å². The van der Waals surface area contributed by atoms with Crippen molar-refractivity contribution in [3.63, 3.8) is 0 Å². The summed E-state index contributed by atoms with van der Waals surface area (Å²) in [5.41, 5.74) is 3.41. The van der Waals surface area contributed by atoms with Gasteiger partial charge in [0, 0.05) is 0 Å². The number of phenolic OH excluding ortho intramolecular Hbond substituents is 1. The number of hydrogen-bond acceptors (Lipinski definition) is 3. The van der Waals surface area contributed by atoms with Crippen LogP contribution in [-0.2, 0) is 0 Å². The fourth-order valence-corrected chi connectivity index (χ4v) is 2.26. The highest BCUT2D eigenvalue weighted by molar-refractivity contribution is 5.72.